The van der Waals surface area contributed by atoms with Gasteiger partial charge in [0, 0.05) is 5.92 Å². The van der Waals surface area contributed by atoms with Gasteiger partial charge in [0.2, 0.25) is 0 Å². The van der Waals surface area contributed by atoms with Crippen LogP contribution in [0.3, 0.4) is 0 Å². The van der Waals surface area contributed by atoms with Crippen molar-refractivity contribution in [2.45, 2.75) is 27.2 Å². The Bertz CT molecular complexity index is 224. The molecule has 2 nitrogen and oxygen atoms in total. The molecule has 0 radical (unpaired) electrons. The molecule has 0 aromatic carbocycles. The minimum atomic E-state index is -0.0255. The monoisotopic (exact) mass is 151 g/mol. The Morgan fingerprint density at radius 3 is 2.36 bits per heavy atom. The molecular formula is C9H13NO. The number of hydrogen-bond donors (Lipinski definition) is 0. The van der Waals surface area contributed by atoms with Crippen molar-refractivity contribution < 1.29 is 4.79 Å². The second-order valence-corrected chi connectivity index (χ2v) is 4.02. The molecule has 1 fully saturated rings. The van der Waals surface area contributed by atoms with Gasteiger partial charge in [-0.1, -0.05) is 13.8 Å². The second kappa shape index (κ2) is 2.34. The number of hydrogen-bond acceptors (Lipinski definition) is 2. The zero-order chi connectivity index (χ0) is 8.65. The lowest BCUT2D eigenvalue weighted by Gasteiger charge is -2.46. The Kier molecular flexibility index (Phi) is 1.75. The Morgan fingerprint density at radius 1 is 1.64 bits per heavy atom. The quantitative estimate of drug-likeness (QED) is 0.573. The fourth-order valence-electron chi connectivity index (χ4n) is 2.15. The van der Waals surface area contributed by atoms with Crippen LogP contribution in [0, 0.1) is 28.6 Å². The van der Waals surface area contributed by atoms with Gasteiger partial charge in [-0.15, -0.1) is 0 Å². The molecule has 1 rings (SSSR count). The summed E-state index contributed by atoms with van der Waals surface area (Å²) >= 11 is 0. The third-order valence-corrected chi connectivity index (χ3v) is 2.59. The maximum absolute atomic E-state index is 11.1. The molecule has 1 aliphatic rings. The van der Waals surface area contributed by atoms with E-state index in [9.17, 15) is 4.79 Å². The van der Waals surface area contributed by atoms with Crippen LogP contribution in [0.25, 0.3) is 0 Å². The number of carbonyl (C=O) groups is 1. The Labute approximate surface area is 67.2 Å². The second-order valence-electron chi connectivity index (χ2n) is 4.02. The van der Waals surface area contributed by atoms with Gasteiger partial charge < -0.3 is 0 Å². The van der Waals surface area contributed by atoms with Gasteiger partial charge in [0.05, 0.1) is 12.0 Å². The van der Waals surface area contributed by atoms with Gasteiger partial charge in [0.25, 0.3) is 0 Å². The zero-order valence-electron chi connectivity index (χ0n) is 7.22. The van der Waals surface area contributed by atoms with Crippen LogP contribution in [0.1, 0.15) is 27.2 Å². The molecule has 0 aromatic heterocycles. The van der Waals surface area contributed by atoms with Crippen LogP contribution in [-0.4, -0.2) is 5.78 Å². The highest BCUT2D eigenvalue weighted by Crippen LogP contribution is 2.50. The number of rotatable bonds is 1. The molecule has 2 heteroatoms. The molecule has 0 saturated heterocycles. The molecule has 0 amide bonds. The highest BCUT2D eigenvalue weighted by Gasteiger charge is 2.49. The molecule has 0 spiro atoms. The standard InChI is InChI=1S/C9H13NO/c1-6(11)8-7(5-10)4-9(8,2)3/h7-8H,4H2,1-3H3/t7-,8+/m1/s1. The summed E-state index contributed by atoms with van der Waals surface area (Å²) in [6.45, 7) is 5.68. The van der Waals surface area contributed by atoms with Gasteiger partial charge in [-0.3, -0.25) is 4.79 Å². The van der Waals surface area contributed by atoms with E-state index in [1.165, 1.54) is 0 Å². The van der Waals surface area contributed by atoms with Crippen LogP contribution in [0.4, 0.5) is 0 Å². The number of nitrogens with zero attached hydrogens (tertiary/aromatic N) is 1. The fraction of sp³-hybridized carbons (Fsp3) is 0.778. The average molecular weight is 151 g/mol. The Balaban J connectivity index is 2.74. The molecule has 11 heavy (non-hydrogen) atoms. The molecule has 2 atom stereocenters. The predicted molar refractivity (Wildman–Crippen MR) is 41.7 cm³/mol. The van der Waals surface area contributed by atoms with Crippen molar-refractivity contribution >= 4 is 5.78 Å². The third-order valence-electron chi connectivity index (χ3n) is 2.59. The molecule has 1 saturated carbocycles. The van der Waals surface area contributed by atoms with Crippen LogP contribution in [0.2, 0.25) is 0 Å². The van der Waals surface area contributed by atoms with Gasteiger partial charge in [-0.05, 0) is 18.8 Å². The Morgan fingerprint density at radius 2 is 2.18 bits per heavy atom. The van der Waals surface area contributed by atoms with E-state index < -0.39 is 0 Å². The highest BCUT2D eigenvalue weighted by atomic mass is 16.1. The van der Waals surface area contributed by atoms with E-state index in [-0.39, 0.29) is 23.0 Å². The van der Waals surface area contributed by atoms with Crippen molar-refractivity contribution in [3.63, 3.8) is 0 Å². The molecular weight excluding hydrogens is 138 g/mol. The molecule has 0 bridgehead atoms. The van der Waals surface area contributed by atoms with Crippen molar-refractivity contribution in [3.8, 4) is 6.07 Å². The molecule has 60 valence electrons. The average Bonchev–Trinajstić information content (AvgIpc) is 1.81. The number of Topliss-reactive ketones (excluding diaryl/α,β-unsaturated/α-hetero) is 1. The molecule has 0 aromatic rings. The maximum Gasteiger partial charge on any atom is 0.134 e. The molecule has 0 heterocycles. The first-order chi connectivity index (χ1) is 4.99. The lowest BCUT2D eigenvalue weighted by molar-refractivity contribution is -0.133. The van der Waals surface area contributed by atoms with E-state index in [1.54, 1.807) is 6.92 Å². The van der Waals surface area contributed by atoms with Crippen molar-refractivity contribution in [1.29, 1.82) is 5.26 Å². The third kappa shape index (κ3) is 1.16. The van der Waals surface area contributed by atoms with Crippen LogP contribution >= 0.6 is 0 Å². The van der Waals surface area contributed by atoms with E-state index >= 15 is 0 Å². The summed E-state index contributed by atoms with van der Waals surface area (Å²) in [5.74, 6) is 0.114. The largest absolute Gasteiger partial charge is 0.300 e. The molecule has 0 N–H and O–H groups in total. The van der Waals surface area contributed by atoms with Gasteiger partial charge in [0.15, 0.2) is 0 Å². The summed E-state index contributed by atoms with van der Waals surface area (Å²) in [4.78, 5) is 11.1. The van der Waals surface area contributed by atoms with Crippen molar-refractivity contribution in [3.05, 3.63) is 0 Å². The summed E-state index contributed by atoms with van der Waals surface area (Å²) in [6.07, 6.45) is 0.869. The summed E-state index contributed by atoms with van der Waals surface area (Å²) in [5.41, 5.74) is 0.0617. The highest BCUT2D eigenvalue weighted by molar-refractivity contribution is 5.81. The number of nitriles is 1. The minimum Gasteiger partial charge on any atom is -0.300 e. The first-order valence-corrected chi connectivity index (χ1v) is 3.89. The molecule has 1 aliphatic carbocycles. The first kappa shape index (κ1) is 8.26. The van der Waals surface area contributed by atoms with Crippen LogP contribution in [-0.2, 0) is 4.79 Å². The van der Waals surface area contributed by atoms with E-state index in [2.05, 4.69) is 6.07 Å². The normalized spacial score (nSPS) is 33.6. The lowest BCUT2D eigenvalue weighted by atomic mass is 9.55. The molecule has 0 aliphatic heterocycles. The van der Waals surface area contributed by atoms with E-state index in [4.69, 9.17) is 5.26 Å². The molecule has 0 unspecified atom stereocenters. The summed E-state index contributed by atoms with van der Waals surface area (Å²) < 4.78 is 0. The lowest BCUT2D eigenvalue weighted by Crippen LogP contribution is -2.47. The first-order valence-electron chi connectivity index (χ1n) is 3.89. The van der Waals surface area contributed by atoms with Gasteiger partial charge >= 0.3 is 0 Å². The van der Waals surface area contributed by atoms with Crippen molar-refractivity contribution in [2.24, 2.45) is 17.3 Å². The van der Waals surface area contributed by atoms with Gasteiger partial charge in [-0.25, -0.2) is 0 Å². The van der Waals surface area contributed by atoms with E-state index in [0.717, 1.165) is 6.42 Å². The number of ketones is 1. The van der Waals surface area contributed by atoms with Gasteiger partial charge in [-0.2, -0.15) is 5.26 Å². The topological polar surface area (TPSA) is 40.9 Å². The minimum absolute atomic E-state index is 0.0208. The summed E-state index contributed by atoms with van der Waals surface area (Å²) in [5, 5.41) is 8.64. The summed E-state index contributed by atoms with van der Waals surface area (Å²) in [6, 6.07) is 2.17. The van der Waals surface area contributed by atoms with Gasteiger partial charge in [0.1, 0.15) is 5.78 Å². The number of carbonyl (C=O) groups excluding carboxylic acids is 1. The summed E-state index contributed by atoms with van der Waals surface area (Å²) in [7, 11) is 0. The van der Waals surface area contributed by atoms with E-state index in [1.807, 2.05) is 13.8 Å². The fourth-order valence-corrected chi connectivity index (χ4v) is 2.15. The predicted octanol–water partition coefficient (Wildman–Crippen LogP) is 1.76. The maximum atomic E-state index is 11.1. The van der Waals surface area contributed by atoms with Crippen LogP contribution in [0.15, 0.2) is 0 Å². The van der Waals surface area contributed by atoms with Crippen molar-refractivity contribution in [1.82, 2.24) is 0 Å². The zero-order valence-corrected chi connectivity index (χ0v) is 7.22. The Hall–Kier alpha value is -0.840. The van der Waals surface area contributed by atoms with E-state index in [0.29, 0.717) is 0 Å². The van der Waals surface area contributed by atoms with Crippen molar-refractivity contribution in [2.75, 3.05) is 0 Å². The SMILES string of the molecule is CC(=O)[C@H]1[C@@H](C#N)CC1(C)C. The smallest absolute Gasteiger partial charge is 0.134 e. The van der Waals surface area contributed by atoms with Crippen LogP contribution in [0.5, 0.6) is 0 Å². The van der Waals surface area contributed by atoms with Crippen LogP contribution < -0.4 is 0 Å².